The molecular weight excluding hydrogens is 242 g/mol. The average Bonchev–Trinajstić information content (AvgIpc) is 2.76. The van der Waals surface area contributed by atoms with Crippen LogP contribution in [0, 0.1) is 0 Å². The fourth-order valence-electron chi connectivity index (χ4n) is 1.16. The Morgan fingerprint density at radius 2 is 2.44 bits per heavy atom. The van der Waals surface area contributed by atoms with Gasteiger partial charge in [-0.25, -0.2) is 4.79 Å². The molecule has 0 spiro atoms. The molecule has 2 heterocycles. The van der Waals surface area contributed by atoms with Crippen molar-refractivity contribution in [3.63, 3.8) is 0 Å². The smallest absolute Gasteiger partial charge is 0.345 e. The third-order valence-corrected chi connectivity index (χ3v) is 4.03. The Morgan fingerprint density at radius 1 is 1.56 bits per heavy atom. The lowest BCUT2D eigenvalue weighted by molar-refractivity contribution is 0.0702. The Hall–Kier alpha value is -1.33. The van der Waals surface area contributed by atoms with E-state index in [-0.39, 0.29) is 0 Å². The number of carbonyl (C=O) groups is 1. The van der Waals surface area contributed by atoms with Crippen LogP contribution in [0.4, 0.5) is 0 Å². The van der Waals surface area contributed by atoms with Crippen LogP contribution < -0.4 is 0 Å². The molecule has 0 atom stereocenters. The number of pyridine rings is 1. The van der Waals surface area contributed by atoms with Crippen molar-refractivity contribution in [2.75, 3.05) is 0 Å². The van der Waals surface area contributed by atoms with E-state index in [1.165, 1.54) is 11.3 Å². The van der Waals surface area contributed by atoms with E-state index in [1.54, 1.807) is 24.0 Å². The number of aromatic carboxylic acids is 1. The molecule has 0 radical (unpaired) electrons. The summed E-state index contributed by atoms with van der Waals surface area (Å²) in [7, 11) is 0. The zero-order valence-corrected chi connectivity index (χ0v) is 9.92. The number of carboxylic acids is 1. The van der Waals surface area contributed by atoms with Crippen LogP contribution in [-0.4, -0.2) is 16.1 Å². The van der Waals surface area contributed by atoms with Gasteiger partial charge in [-0.05, 0) is 17.7 Å². The molecule has 2 aromatic heterocycles. The number of thiophene rings is 1. The van der Waals surface area contributed by atoms with Crippen molar-refractivity contribution >= 4 is 29.1 Å². The van der Waals surface area contributed by atoms with Crippen molar-refractivity contribution < 1.29 is 9.90 Å². The molecule has 3 nitrogen and oxygen atoms in total. The van der Waals surface area contributed by atoms with Crippen molar-refractivity contribution in [2.24, 2.45) is 0 Å². The molecule has 0 aromatic carbocycles. The minimum absolute atomic E-state index is 0.383. The highest BCUT2D eigenvalue weighted by atomic mass is 32.2. The number of rotatable bonds is 4. The van der Waals surface area contributed by atoms with Crippen molar-refractivity contribution in [3.8, 4) is 0 Å². The Morgan fingerprint density at radius 3 is 3.06 bits per heavy atom. The topological polar surface area (TPSA) is 50.2 Å². The summed E-state index contributed by atoms with van der Waals surface area (Å²) in [6.45, 7) is 0. The average molecular weight is 251 g/mol. The summed E-state index contributed by atoms with van der Waals surface area (Å²) in [5.41, 5.74) is 1.13. The second kappa shape index (κ2) is 5.14. The summed E-state index contributed by atoms with van der Waals surface area (Å²) in [6, 6.07) is 5.60. The van der Waals surface area contributed by atoms with Gasteiger partial charge in [-0.2, -0.15) is 0 Å². The maximum absolute atomic E-state index is 10.7. The SMILES string of the molecule is O=C(O)c1cc(SCc2cccnc2)cs1. The van der Waals surface area contributed by atoms with Crippen molar-refractivity contribution in [1.29, 1.82) is 0 Å². The van der Waals surface area contributed by atoms with Crippen LogP contribution in [0.25, 0.3) is 0 Å². The highest BCUT2D eigenvalue weighted by Gasteiger charge is 2.06. The molecule has 5 heteroatoms. The van der Waals surface area contributed by atoms with Gasteiger partial charge in [0.25, 0.3) is 0 Å². The highest BCUT2D eigenvalue weighted by Crippen LogP contribution is 2.27. The number of carboxylic acid groups (broad SMARTS) is 1. The lowest BCUT2D eigenvalue weighted by Gasteiger charge is -1.97. The lowest BCUT2D eigenvalue weighted by Crippen LogP contribution is -1.89. The first-order chi connectivity index (χ1) is 7.75. The summed E-state index contributed by atoms with van der Waals surface area (Å²) in [6.07, 6.45) is 3.55. The zero-order valence-electron chi connectivity index (χ0n) is 8.29. The second-order valence-electron chi connectivity index (χ2n) is 3.10. The Labute approximate surface area is 101 Å². The van der Waals surface area contributed by atoms with E-state index >= 15 is 0 Å². The Bertz CT molecular complexity index is 482. The number of hydrogen-bond acceptors (Lipinski definition) is 4. The molecule has 0 amide bonds. The Balaban J connectivity index is 1.97. The largest absolute Gasteiger partial charge is 0.477 e. The number of thioether (sulfide) groups is 1. The van der Waals surface area contributed by atoms with Crippen molar-refractivity contribution in [1.82, 2.24) is 4.98 Å². The quantitative estimate of drug-likeness (QED) is 0.848. The molecule has 0 aliphatic carbocycles. The predicted octanol–water partition coefficient (Wildman–Crippen LogP) is 3.13. The van der Waals surface area contributed by atoms with Gasteiger partial charge in [-0.1, -0.05) is 6.07 Å². The van der Waals surface area contributed by atoms with E-state index in [4.69, 9.17) is 5.11 Å². The fourth-order valence-corrected chi connectivity index (χ4v) is 2.96. The van der Waals surface area contributed by atoms with E-state index < -0.39 is 5.97 Å². The second-order valence-corrected chi connectivity index (χ2v) is 5.06. The van der Waals surface area contributed by atoms with Crippen LogP contribution in [0.3, 0.4) is 0 Å². The molecular formula is C11H9NO2S2. The predicted molar refractivity (Wildman–Crippen MR) is 65.1 cm³/mol. The molecule has 1 N–H and O–H groups in total. The van der Waals surface area contributed by atoms with Crippen LogP contribution in [-0.2, 0) is 5.75 Å². The normalized spacial score (nSPS) is 10.2. The molecule has 0 saturated heterocycles. The number of aromatic nitrogens is 1. The van der Waals surface area contributed by atoms with E-state index in [0.29, 0.717) is 4.88 Å². The third-order valence-electron chi connectivity index (χ3n) is 1.91. The van der Waals surface area contributed by atoms with E-state index in [0.717, 1.165) is 16.2 Å². The van der Waals surface area contributed by atoms with E-state index in [1.807, 2.05) is 23.7 Å². The van der Waals surface area contributed by atoms with Gasteiger partial charge in [0.15, 0.2) is 0 Å². The highest BCUT2D eigenvalue weighted by molar-refractivity contribution is 7.98. The molecule has 16 heavy (non-hydrogen) atoms. The van der Waals surface area contributed by atoms with Crippen LogP contribution in [0.5, 0.6) is 0 Å². The van der Waals surface area contributed by atoms with Gasteiger partial charge in [0.05, 0.1) is 0 Å². The minimum atomic E-state index is -0.863. The molecule has 2 rings (SSSR count). The van der Waals surface area contributed by atoms with Gasteiger partial charge in [-0.3, -0.25) is 4.98 Å². The summed E-state index contributed by atoms with van der Waals surface area (Å²) in [5.74, 6) is -0.0536. The van der Waals surface area contributed by atoms with Gasteiger partial charge < -0.3 is 5.11 Å². The van der Waals surface area contributed by atoms with Gasteiger partial charge >= 0.3 is 5.97 Å². The van der Waals surface area contributed by atoms with E-state index in [9.17, 15) is 4.79 Å². The van der Waals surface area contributed by atoms with Crippen molar-refractivity contribution in [3.05, 3.63) is 46.4 Å². The Kier molecular flexibility index (Phi) is 3.58. The molecule has 2 aromatic rings. The van der Waals surface area contributed by atoms with Crippen molar-refractivity contribution in [2.45, 2.75) is 10.6 Å². The van der Waals surface area contributed by atoms with Gasteiger partial charge in [0, 0.05) is 28.4 Å². The van der Waals surface area contributed by atoms with Crippen LogP contribution in [0.2, 0.25) is 0 Å². The van der Waals surface area contributed by atoms with Gasteiger partial charge in [-0.15, -0.1) is 23.1 Å². The summed E-state index contributed by atoms with van der Waals surface area (Å²) in [4.78, 5) is 16.1. The van der Waals surface area contributed by atoms with Gasteiger partial charge in [0.2, 0.25) is 0 Å². The van der Waals surface area contributed by atoms with Gasteiger partial charge in [0.1, 0.15) is 4.88 Å². The number of hydrogen-bond donors (Lipinski definition) is 1. The van der Waals surface area contributed by atoms with Crippen LogP contribution in [0.1, 0.15) is 15.2 Å². The van der Waals surface area contributed by atoms with Crippen LogP contribution in [0.15, 0.2) is 40.9 Å². The first kappa shape index (κ1) is 11.2. The molecule has 0 aliphatic rings. The fraction of sp³-hybridized carbons (Fsp3) is 0.0909. The number of nitrogens with zero attached hydrogens (tertiary/aromatic N) is 1. The summed E-state index contributed by atoms with van der Waals surface area (Å²) in [5, 5.41) is 10.6. The van der Waals surface area contributed by atoms with E-state index in [2.05, 4.69) is 4.98 Å². The molecule has 0 unspecified atom stereocenters. The molecule has 0 bridgehead atoms. The summed E-state index contributed by atoms with van der Waals surface area (Å²) < 4.78 is 0. The molecule has 0 aliphatic heterocycles. The molecule has 82 valence electrons. The maximum atomic E-state index is 10.7. The first-order valence-electron chi connectivity index (χ1n) is 4.59. The third kappa shape index (κ3) is 2.84. The lowest BCUT2D eigenvalue weighted by atomic mass is 10.3. The van der Waals surface area contributed by atoms with Crippen LogP contribution >= 0.6 is 23.1 Å². The molecule has 0 fully saturated rings. The summed E-state index contributed by atoms with van der Waals surface area (Å²) >= 11 is 2.88. The molecule has 0 saturated carbocycles. The standard InChI is InChI=1S/C11H9NO2S2/c13-11(14)10-4-9(7-16-10)15-6-8-2-1-3-12-5-8/h1-5,7H,6H2,(H,13,14). The zero-order chi connectivity index (χ0) is 11.4. The maximum Gasteiger partial charge on any atom is 0.345 e. The first-order valence-corrected chi connectivity index (χ1v) is 6.46. The minimum Gasteiger partial charge on any atom is -0.477 e. The monoisotopic (exact) mass is 251 g/mol.